The molecular weight excluding hydrogens is 212 g/mol. The van der Waals surface area contributed by atoms with Gasteiger partial charge >= 0.3 is 0 Å². The van der Waals surface area contributed by atoms with E-state index in [2.05, 4.69) is 52.8 Å². The molecule has 88 valence electrons. The van der Waals surface area contributed by atoms with Crippen molar-refractivity contribution >= 4 is 11.8 Å². The molecule has 1 aliphatic rings. The van der Waals surface area contributed by atoms with E-state index in [1.807, 2.05) is 11.8 Å². The maximum Gasteiger partial charge on any atom is 0.0110 e. The lowest BCUT2D eigenvalue weighted by molar-refractivity contribution is 0.490. The van der Waals surface area contributed by atoms with E-state index in [4.69, 9.17) is 0 Å². The van der Waals surface area contributed by atoms with Crippen molar-refractivity contribution in [2.75, 3.05) is 5.75 Å². The van der Waals surface area contributed by atoms with Gasteiger partial charge in [0.25, 0.3) is 0 Å². The predicted molar refractivity (Wildman–Crippen MR) is 73.5 cm³/mol. The molecule has 0 N–H and O–H groups in total. The third-order valence-electron chi connectivity index (χ3n) is 3.56. The summed E-state index contributed by atoms with van der Waals surface area (Å²) in [7, 11) is 0. The molecule has 0 aromatic heterocycles. The number of hydrogen-bond acceptors (Lipinski definition) is 1. The zero-order chi connectivity index (χ0) is 12.0. The minimum atomic E-state index is 0.257. The van der Waals surface area contributed by atoms with E-state index >= 15 is 0 Å². The molecule has 1 heteroatoms. The molecule has 16 heavy (non-hydrogen) atoms. The van der Waals surface area contributed by atoms with Crippen LogP contribution >= 0.6 is 11.8 Å². The summed E-state index contributed by atoms with van der Waals surface area (Å²) in [5.41, 5.74) is 3.62. The molecule has 0 aliphatic carbocycles. The standard InChI is InChI=1S/C15H22S/c1-14(2,3)11-6-7-13-12(10-11)15(4,5)8-9-16-13/h6-7,10H,8-9H2,1-5H3. The highest BCUT2D eigenvalue weighted by Gasteiger charge is 2.29. The smallest absolute Gasteiger partial charge is 0.0110 e. The Hall–Kier alpha value is -0.430. The Balaban J connectivity index is 2.52. The van der Waals surface area contributed by atoms with Crippen molar-refractivity contribution in [1.82, 2.24) is 0 Å². The second kappa shape index (κ2) is 3.80. The molecule has 1 aromatic carbocycles. The molecule has 0 amide bonds. The molecule has 0 unspecified atom stereocenters. The van der Waals surface area contributed by atoms with Gasteiger partial charge in [-0.15, -0.1) is 11.8 Å². The summed E-state index contributed by atoms with van der Waals surface area (Å²) in [4.78, 5) is 1.49. The van der Waals surface area contributed by atoms with Crippen molar-refractivity contribution in [1.29, 1.82) is 0 Å². The van der Waals surface area contributed by atoms with Crippen LogP contribution in [0.1, 0.15) is 52.2 Å². The molecular formula is C15H22S. The Bertz CT molecular complexity index is 396. The molecule has 2 rings (SSSR count). The first-order chi connectivity index (χ1) is 7.31. The van der Waals surface area contributed by atoms with Gasteiger partial charge in [0.15, 0.2) is 0 Å². The Kier molecular flexibility index (Phi) is 2.86. The van der Waals surface area contributed by atoms with E-state index < -0.39 is 0 Å². The van der Waals surface area contributed by atoms with E-state index in [9.17, 15) is 0 Å². The molecule has 0 atom stereocenters. The average Bonchev–Trinajstić information content (AvgIpc) is 2.15. The number of rotatable bonds is 0. The van der Waals surface area contributed by atoms with E-state index in [0.29, 0.717) is 5.41 Å². The third-order valence-corrected chi connectivity index (χ3v) is 4.63. The van der Waals surface area contributed by atoms with E-state index in [-0.39, 0.29) is 5.41 Å². The molecule has 0 radical (unpaired) electrons. The first-order valence-corrected chi connectivity index (χ1v) is 7.07. The van der Waals surface area contributed by atoms with Crippen LogP contribution in [0.25, 0.3) is 0 Å². The molecule has 0 saturated heterocycles. The lowest BCUT2D eigenvalue weighted by Gasteiger charge is -2.33. The predicted octanol–water partition coefficient (Wildman–Crippen LogP) is 4.76. The summed E-state index contributed by atoms with van der Waals surface area (Å²) in [6.45, 7) is 11.6. The van der Waals surface area contributed by atoms with Crippen LogP contribution in [0.4, 0.5) is 0 Å². The van der Waals surface area contributed by atoms with E-state index in [1.54, 1.807) is 5.56 Å². The normalized spacial score (nSPS) is 19.3. The van der Waals surface area contributed by atoms with Crippen LogP contribution in [0.3, 0.4) is 0 Å². The van der Waals surface area contributed by atoms with Crippen LogP contribution < -0.4 is 0 Å². The van der Waals surface area contributed by atoms with Crippen LogP contribution in [0.5, 0.6) is 0 Å². The molecule has 0 fully saturated rings. The van der Waals surface area contributed by atoms with Crippen molar-refractivity contribution < 1.29 is 0 Å². The summed E-state index contributed by atoms with van der Waals surface area (Å²) in [5.74, 6) is 1.26. The van der Waals surface area contributed by atoms with E-state index in [1.165, 1.54) is 22.6 Å². The topological polar surface area (TPSA) is 0 Å². The molecule has 1 aromatic rings. The van der Waals surface area contributed by atoms with Gasteiger partial charge in [-0.25, -0.2) is 0 Å². The highest BCUT2D eigenvalue weighted by molar-refractivity contribution is 7.99. The lowest BCUT2D eigenvalue weighted by atomic mass is 9.78. The Labute approximate surface area is 104 Å². The Morgan fingerprint density at radius 2 is 1.88 bits per heavy atom. The van der Waals surface area contributed by atoms with Crippen molar-refractivity contribution in [2.24, 2.45) is 0 Å². The number of thioether (sulfide) groups is 1. The first kappa shape index (κ1) is 12.0. The van der Waals surface area contributed by atoms with Gasteiger partial charge < -0.3 is 0 Å². The summed E-state index contributed by atoms with van der Waals surface area (Å²) in [6.07, 6.45) is 1.29. The molecule has 1 aliphatic heterocycles. The van der Waals surface area contributed by atoms with E-state index in [0.717, 1.165) is 0 Å². The zero-order valence-electron chi connectivity index (χ0n) is 11.1. The molecule has 0 bridgehead atoms. The molecule has 0 nitrogen and oxygen atoms in total. The van der Waals surface area contributed by atoms with Gasteiger partial charge in [-0.3, -0.25) is 0 Å². The van der Waals surface area contributed by atoms with Crippen LogP contribution in [-0.4, -0.2) is 5.75 Å². The van der Waals surface area contributed by atoms with Crippen LogP contribution in [0.2, 0.25) is 0 Å². The van der Waals surface area contributed by atoms with Gasteiger partial charge in [-0.2, -0.15) is 0 Å². The fourth-order valence-corrected chi connectivity index (χ4v) is 3.69. The highest BCUT2D eigenvalue weighted by Crippen LogP contribution is 2.42. The Morgan fingerprint density at radius 1 is 1.19 bits per heavy atom. The monoisotopic (exact) mass is 234 g/mol. The van der Waals surface area contributed by atoms with Gasteiger partial charge in [-0.05, 0) is 40.2 Å². The van der Waals surface area contributed by atoms with Crippen LogP contribution in [0, 0.1) is 0 Å². The fourth-order valence-electron chi connectivity index (χ4n) is 2.20. The summed E-state index contributed by atoms with van der Waals surface area (Å²) in [5, 5.41) is 0. The summed E-state index contributed by atoms with van der Waals surface area (Å²) < 4.78 is 0. The largest absolute Gasteiger partial charge is 0.126 e. The molecule has 0 saturated carbocycles. The minimum absolute atomic E-state index is 0.257. The third kappa shape index (κ3) is 2.15. The van der Waals surface area contributed by atoms with Crippen LogP contribution in [0.15, 0.2) is 23.1 Å². The zero-order valence-corrected chi connectivity index (χ0v) is 11.9. The van der Waals surface area contributed by atoms with Gasteiger partial charge in [0.05, 0.1) is 0 Å². The van der Waals surface area contributed by atoms with Crippen molar-refractivity contribution in [3.05, 3.63) is 29.3 Å². The number of hydrogen-bond donors (Lipinski definition) is 0. The molecule has 0 spiro atoms. The second-order valence-electron chi connectivity index (χ2n) is 6.44. The minimum Gasteiger partial charge on any atom is -0.126 e. The SMILES string of the molecule is CC(C)(C)c1ccc2c(c1)C(C)(C)CCS2. The van der Waals surface area contributed by atoms with Crippen LogP contribution in [-0.2, 0) is 10.8 Å². The molecule has 1 heterocycles. The number of benzene rings is 1. The highest BCUT2D eigenvalue weighted by atomic mass is 32.2. The maximum absolute atomic E-state index is 2.43. The average molecular weight is 234 g/mol. The van der Waals surface area contributed by atoms with Gasteiger partial charge in [0.1, 0.15) is 0 Å². The van der Waals surface area contributed by atoms with Crippen molar-refractivity contribution in [2.45, 2.75) is 56.8 Å². The van der Waals surface area contributed by atoms with Crippen molar-refractivity contribution in [3.8, 4) is 0 Å². The first-order valence-electron chi connectivity index (χ1n) is 6.08. The van der Waals surface area contributed by atoms with Gasteiger partial charge in [-0.1, -0.05) is 46.8 Å². The maximum atomic E-state index is 2.43. The Morgan fingerprint density at radius 3 is 2.50 bits per heavy atom. The second-order valence-corrected chi connectivity index (χ2v) is 7.58. The van der Waals surface area contributed by atoms with Gasteiger partial charge in [0, 0.05) is 4.90 Å². The summed E-state index contributed by atoms with van der Waals surface area (Å²) >= 11 is 2.01. The fraction of sp³-hybridized carbons (Fsp3) is 0.600. The van der Waals surface area contributed by atoms with Crippen molar-refractivity contribution in [3.63, 3.8) is 0 Å². The quantitative estimate of drug-likeness (QED) is 0.624. The lowest BCUT2D eigenvalue weighted by Crippen LogP contribution is -2.24. The number of fused-ring (bicyclic) bond motifs is 1. The summed E-state index contributed by atoms with van der Waals surface area (Å²) in [6, 6.07) is 7.05. The van der Waals surface area contributed by atoms with Gasteiger partial charge in [0.2, 0.25) is 0 Å².